The second kappa shape index (κ2) is 9.98. The molecule has 2 aromatic rings. The molecule has 1 aromatic carbocycles. The molecule has 1 aliphatic heterocycles. The SMILES string of the molecule is CCOC(=O)c1cc([N+](=O)[O-])sc1NC(=O)c1ccc(S(=O)(=O)N2C[C@H](C)C[C@H](C)C2)cc1. The van der Waals surface area contributed by atoms with Crippen LogP contribution in [0.5, 0.6) is 0 Å². The van der Waals surface area contributed by atoms with Crippen LogP contribution >= 0.6 is 11.3 Å². The lowest BCUT2D eigenvalue weighted by molar-refractivity contribution is -0.380. The molecule has 0 bridgehead atoms. The highest BCUT2D eigenvalue weighted by Crippen LogP contribution is 2.34. The molecule has 1 aliphatic rings. The van der Waals surface area contributed by atoms with Gasteiger partial charge in [0.05, 0.1) is 16.4 Å². The number of anilines is 1. The third kappa shape index (κ3) is 5.57. The number of nitro groups is 1. The zero-order valence-corrected chi connectivity index (χ0v) is 20.1. The molecule has 1 saturated heterocycles. The number of benzene rings is 1. The van der Waals surface area contributed by atoms with Crippen LogP contribution in [-0.4, -0.2) is 49.2 Å². The molecule has 1 fully saturated rings. The molecule has 10 nitrogen and oxygen atoms in total. The van der Waals surface area contributed by atoms with E-state index >= 15 is 0 Å². The summed E-state index contributed by atoms with van der Waals surface area (Å²) in [6.45, 7) is 6.60. The molecule has 0 aliphatic carbocycles. The smallest absolute Gasteiger partial charge is 0.341 e. The maximum Gasteiger partial charge on any atom is 0.341 e. The van der Waals surface area contributed by atoms with Crippen LogP contribution in [0.2, 0.25) is 0 Å². The van der Waals surface area contributed by atoms with Crippen molar-refractivity contribution in [1.82, 2.24) is 4.31 Å². The van der Waals surface area contributed by atoms with Gasteiger partial charge in [-0.3, -0.25) is 14.9 Å². The molecule has 1 N–H and O–H groups in total. The number of hydrogen-bond donors (Lipinski definition) is 1. The van der Waals surface area contributed by atoms with Crippen molar-refractivity contribution in [3.8, 4) is 0 Å². The van der Waals surface area contributed by atoms with Crippen LogP contribution in [0.25, 0.3) is 0 Å². The van der Waals surface area contributed by atoms with Crippen molar-refractivity contribution in [2.45, 2.75) is 32.1 Å². The lowest BCUT2D eigenvalue weighted by atomic mass is 9.94. The Morgan fingerprint density at radius 2 is 1.82 bits per heavy atom. The van der Waals surface area contributed by atoms with E-state index in [9.17, 15) is 28.1 Å². The average Bonchev–Trinajstić information content (AvgIpc) is 3.17. The van der Waals surface area contributed by atoms with Gasteiger partial charge in [0.15, 0.2) is 0 Å². The Balaban J connectivity index is 1.80. The molecule has 2 heterocycles. The van der Waals surface area contributed by atoms with Gasteiger partial charge in [0, 0.05) is 24.7 Å². The minimum Gasteiger partial charge on any atom is -0.462 e. The normalized spacial score (nSPS) is 19.1. The standard InChI is InChI=1S/C21H25N3O7S2/c1-4-31-21(26)17-10-18(24(27)28)32-20(17)22-19(25)15-5-7-16(8-6-15)33(29,30)23-11-13(2)9-14(3)12-23/h5-8,10,13-14H,4,9,11-12H2,1-3H3,(H,22,25)/t13-,14+. The van der Waals surface area contributed by atoms with E-state index in [1.54, 1.807) is 6.92 Å². The third-order valence-electron chi connectivity index (χ3n) is 5.21. The fourth-order valence-electron chi connectivity index (χ4n) is 3.83. The first-order valence-electron chi connectivity index (χ1n) is 10.4. The Kier molecular flexibility index (Phi) is 7.50. The summed E-state index contributed by atoms with van der Waals surface area (Å²) in [4.78, 5) is 35.3. The Hall–Kier alpha value is -2.83. The molecule has 0 radical (unpaired) electrons. The molecule has 0 saturated carbocycles. The highest BCUT2D eigenvalue weighted by atomic mass is 32.2. The Morgan fingerprint density at radius 1 is 1.21 bits per heavy atom. The molecule has 1 amide bonds. The molecular formula is C21H25N3O7S2. The summed E-state index contributed by atoms with van der Waals surface area (Å²) in [6.07, 6.45) is 0.972. The first kappa shape index (κ1) is 24.8. The van der Waals surface area contributed by atoms with Crippen LogP contribution < -0.4 is 5.32 Å². The fraction of sp³-hybridized carbons (Fsp3) is 0.429. The number of piperidine rings is 1. The highest BCUT2D eigenvalue weighted by Gasteiger charge is 2.32. The van der Waals surface area contributed by atoms with Gasteiger partial charge >= 0.3 is 11.0 Å². The number of ether oxygens (including phenoxy) is 1. The van der Waals surface area contributed by atoms with Crippen molar-refractivity contribution in [1.29, 1.82) is 0 Å². The average molecular weight is 496 g/mol. The number of nitrogens with one attached hydrogen (secondary N) is 1. The molecular weight excluding hydrogens is 470 g/mol. The van der Waals surface area contributed by atoms with Crippen LogP contribution in [0.15, 0.2) is 35.2 Å². The Bertz CT molecular complexity index is 1150. The van der Waals surface area contributed by atoms with Crippen molar-refractivity contribution in [2.75, 3.05) is 25.0 Å². The number of sulfonamides is 1. The summed E-state index contributed by atoms with van der Waals surface area (Å²) in [5, 5.41) is 13.2. The lowest BCUT2D eigenvalue weighted by Gasteiger charge is -2.34. The number of hydrogen-bond acceptors (Lipinski definition) is 8. The monoisotopic (exact) mass is 495 g/mol. The van der Waals surface area contributed by atoms with Crippen LogP contribution in [0.1, 0.15) is 47.9 Å². The summed E-state index contributed by atoms with van der Waals surface area (Å²) >= 11 is 0.637. The van der Waals surface area contributed by atoms with Gasteiger partial charge in [0.2, 0.25) is 10.0 Å². The predicted octanol–water partition coefficient (Wildman–Crippen LogP) is 3.75. The van der Waals surface area contributed by atoms with E-state index in [1.807, 2.05) is 13.8 Å². The van der Waals surface area contributed by atoms with Crippen molar-refractivity contribution < 1.29 is 27.7 Å². The molecule has 12 heteroatoms. The second-order valence-electron chi connectivity index (χ2n) is 8.05. The van der Waals surface area contributed by atoms with Crippen molar-refractivity contribution in [3.63, 3.8) is 0 Å². The highest BCUT2D eigenvalue weighted by molar-refractivity contribution is 7.89. The predicted molar refractivity (Wildman–Crippen MR) is 123 cm³/mol. The van der Waals surface area contributed by atoms with Crippen LogP contribution in [0, 0.1) is 22.0 Å². The van der Waals surface area contributed by atoms with Crippen molar-refractivity contribution in [3.05, 3.63) is 51.6 Å². The minimum atomic E-state index is -3.69. The number of nitrogens with zero attached hydrogens (tertiary/aromatic N) is 2. The molecule has 178 valence electrons. The van der Waals surface area contributed by atoms with Gasteiger partial charge in [-0.15, -0.1) is 0 Å². The number of thiophene rings is 1. The summed E-state index contributed by atoms with van der Waals surface area (Å²) in [5.41, 5.74) is 0.0228. The number of esters is 1. The first-order valence-corrected chi connectivity index (χ1v) is 12.7. The van der Waals surface area contributed by atoms with E-state index in [4.69, 9.17) is 4.74 Å². The topological polar surface area (TPSA) is 136 Å². The summed E-state index contributed by atoms with van der Waals surface area (Å²) in [5.74, 6) is -0.904. The maximum atomic E-state index is 13.0. The molecule has 3 rings (SSSR count). The van der Waals surface area contributed by atoms with Gasteiger partial charge in [-0.2, -0.15) is 4.31 Å². The van der Waals surface area contributed by atoms with Gasteiger partial charge in [-0.1, -0.05) is 13.8 Å². The van der Waals surface area contributed by atoms with E-state index in [0.717, 1.165) is 12.5 Å². The molecule has 0 unspecified atom stereocenters. The van der Waals surface area contributed by atoms with E-state index < -0.39 is 26.8 Å². The number of rotatable bonds is 7. The summed E-state index contributed by atoms with van der Waals surface area (Å²) in [7, 11) is -3.69. The van der Waals surface area contributed by atoms with Gasteiger partial charge < -0.3 is 10.1 Å². The Morgan fingerprint density at radius 3 is 2.36 bits per heavy atom. The number of amides is 1. The second-order valence-corrected chi connectivity index (χ2v) is 11.0. The Labute approximate surface area is 195 Å². The third-order valence-corrected chi connectivity index (χ3v) is 8.06. The van der Waals surface area contributed by atoms with Crippen LogP contribution in [-0.2, 0) is 14.8 Å². The van der Waals surface area contributed by atoms with Crippen LogP contribution in [0.4, 0.5) is 10.0 Å². The molecule has 2 atom stereocenters. The maximum absolute atomic E-state index is 13.0. The first-order chi connectivity index (χ1) is 15.5. The molecule has 0 spiro atoms. The zero-order valence-electron chi connectivity index (χ0n) is 18.4. The van der Waals surface area contributed by atoms with E-state index in [0.29, 0.717) is 24.4 Å². The fourth-order valence-corrected chi connectivity index (χ4v) is 6.36. The number of carbonyl (C=O) groups is 2. The number of carbonyl (C=O) groups excluding carboxylic acids is 2. The van der Waals surface area contributed by atoms with Gasteiger partial charge in [0.25, 0.3) is 5.91 Å². The van der Waals surface area contributed by atoms with E-state index in [2.05, 4.69) is 5.32 Å². The molecule has 1 aromatic heterocycles. The zero-order chi connectivity index (χ0) is 24.3. The van der Waals surface area contributed by atoms with Gasteiger partial charge in [-0.05, 0) is 60.8 Å². The van der Waals surface area contributed by atoms with Gasteiger partial charge in [-0.25, -0.2) is 13.2 Å². The largest absolute Gasteiger partial charge is 0.462 e. The van der Waals surface area contributed by atoms with Crippen molar-refractivity contribution in [2.24, 2.45) is 11.8 Å². The summed E-state index contributed by atoms with van der Waals surface area (Å²) < 4.78 is 32.4. The lowest BCUT2D eigenvalue weighted by Crippen LogP contribution is -2.42. The van der Waals surface area contributed by atoms with Crippen LogP contribution in [0.3, 0.4) is 0 Å². The van der Waals surface area contributed by atoms with Crippen molar-refractivity contribution >= 4 is 43.2 Å². The molecule has 33 heavy (non-hydrogen) atoms. The quantitative estimate of drug-likeness (QED) is 0.351. The van der Waals surface area contributed by atoms with E-state index in [-0.39, 0.29) is 44.5 Å². The summed E-state index contributed by atoms with van der Waals surface area (Å²) in [6, 6.07) is 6.50. The van der Waals surface area contributed by atoms with E-state index in [1.165, 1.54) is 28.6 Å². The minimum absolute atomic E-state index is 0.0156. The van der Waals surface area contributed by atoms with Gasteiger partial charge in [0.1, 0.15) is 10.6 Å².